The van der Waals surface area contributed by atoms with Crippen molar-refractivity contribution in [2.24, 2.45) is 0 Å². The Morgan fingerprint density at radius 3 is 2.24 bits per heavy atom. The second kappa shape index (κ2) is 4.72. The number of piperidine rings is 1. The van der Waals surface area contributed by atoms with Gasteiger partial charge in [-0.25, -0.2) is 0 Å². The van der Waals surface area contributed by atoms with Gasteiger partial charge in [0.25, 0.3) is 0 Å². The molecular formula is C17H20ClNO2. The normalized spacial score (nSPS) is 33.0. The van der Waals surface area contributed by atoms with Crippen LogP contribution in [0.3, 0.4) is 0 Å². The molecule has 1 N–H and O–H groups in total. The Bertz CT molecular complexity index is 553. The summed E-state index contributed by atoms with van der Waals surface area (Å²) in [6, 6.07) is 8.23. The maximum Gasteiger partial charge on any atom is 0.233 e. The van der Waals surface area contributed by atoms with E-state index in [-0.39, 0.29) is 29.5 Å². The number of rotatable bonds is 2. The van der Waals surface area contributed by atoms with Gasteiger partial charge in [-0.3, -0.25) is 4.79 Å². The molecule has 1 saturated carbocycles. The molecule has 4 heteroatoms. The Balaban J connectivity index is 1.62. The van der Waals surface area contributed by atoms with E-state index in [1.54, 1.807) is 0 Å². The average molecular weight is 306 g/mol. The molecular weight excluding hydrogens is 286 g/mol. The molecule has 2 atom stereocenters. The fraction of sp³-hybridized carbons (Fsp3) is 0.588. The highest BCUT2D eigenvalue weighted by atomic mass is 35.5. The van der Waals surface area contributed by atoms with Gasteiger partial charge in [-0.05, 0) is 56.2 Å². The van der Waals surface area contributed by atoms with Crippen molar-refractivity contribution in [2.75, 3.05) is 0 Å². The summed E-state index contributed by atoms with van der Waals surface area (Å²) in [4.78, 5) is 15.3. The van der Waals surface area contributed by atoms with E-state index >= 15 is 0 Å². The lowest BCUT2D eigenvalue weighted by Gasteiger charge is -2.39. The summed E-state index contributed by atoms with van der Waals surface area (Å²) in [6.45, 7) is 0. The van der Waals surface area contributed by atoms with Gasteiger partial charge >= 0.3 is 0 Å². The summed E-state index contributed by atoms with van der Waals surface area (Å²) in [5.41, 5.74) is 0.788. The van der Waals surface area contributed by atoms with Crippen molar-refractivity contribution >= 4 is 17.5 Å². The largest absolute Gasteiger partial charge is 0.393 e. The van der Waals surface area contributed by atoms with E-state index in [0.717, 1.165) is 44.1 Å². The van der Waals surface area contributed by atoms with Crippen LogP contribution < -0.4 is 0 Å². The molecule has 2 heterocycles. The highest BCUT2D eigenvalue weighted by Gasteiger charge is 2.56. The molecule has 3 nitrogen and oxygen atoms in total. The number of nitrogens with zero attached hydrogens (tertiary/aromatic N) is 1. The van der Waals surface area contributed by atoms with Crippen LogP contribution in [0.4, 0.5) is 0 Å². The quantitative estimate of drug-likeness (QED) is 0.912. The van der Waals surface area contributed by atoms with Crippen LogP contribution in [0, 0.1) is 0 Å². The maximum absolute atomic E-state index is 13.1. The lowest BCUT2D eigenvalue weighted by molar-refractivity contribution is -0.140. The molecule has 1 aromatic rings. The van der Waals surface area contributed by atoms with E-state index in [0.29, 0.717) is 5.02 Å². The molecule has 3 aliphatic rings. The second-order valence-electron chi connectivity index (χ2n) is 6.81. The van der Waals surface area contributed by atoms with Crippen LogP contribution >= 0.6 is 11.6 Å². The van der Waals surface area contributed by atoms with Gasteiger partial charge in [-0.2, -0.15) is 0 Å². The fourth-order valence-corrected chi connectivity index (χ4v) is 4.37. The number of amides is 1. The molecule has 4 rings (SSSR count). The standard InChI is InChI=1S/C17H20ClNO2/c18-12-3-1-11(2-4-12)17(7-8-17)16(21)19-13-5-6-14(19)10-15(20)9-13/h1-4,13-15,20H,5-10H2. The van der Waals surface area contributed by atoms with Crippen LogP contribution in [0.5, 0.6) is 0 Å². The Morgan fingerprint density at radius 2 is 1.71 bits per heavy atom. The fourth-order valence-electron chi connectivity index (χ4n) is 4.25. The maximum atomic E-state index is 13.1. The minimum absolute atomic E-state index is 0.225. The Kier molecular flexibility index (Phi) is 3.05. The van der Waals surface area contributed by atoms with Crippen molar-refractivity contribution < 1.29 is 9.90 Å². The highest BCUT2D eigenvalue weighted by molar-refractivity contribution is 6.30. The van der Waals surface area contributed by atoms with Crippen LogP contribution in [0.1, 0.15) is 44.1 Å². The van der Waals surface area contributed by atoms with Crippen LogP contribution in [0.25, 0.3) is 0 Å². The third-order valence-corrected chi connectivity index (χ3v) is 5.75. The van der Waals surface area contributed by atoms with E-state index in [4.69, 9.17) is 11.6 Å². The summed E-state index contributed by atoms with van der Waals surface area (Å²) in [6.07, 6.45) is 5.24. The molecule has 21 heavy (non-hydrogen) atoms. The molecule has 1 amide bonds. The van der Waals surface area contributed by atoms with Gasteiger partial charge in [0.15, 0.2) is 0 Å². The molecule has 0 aromatic heterocycles. The minimum atomic E-state index is -0.312. The Hall–Kier alpha value is -1.06. The average Bonchev–Trinajstić information content (AvgIpc) is 3.21. The van der Waals surface area contributed by atoms with Gasteiger partial charge in [0.1, 0.15) is 0 Å². The zero-order chi connectivity index (χ0) is 14.6. The number of aliphatic hydroxyl groups excluding tert-OH is 1. The van der Waals surface area contributed by atoms with Crippen LogP contribution in [-0.2, 0) is 10.2 Å². The third kappa shape index (κ3) is 2.09. The molecule has 112 valence electrons. The number of halogens is 1. The summed E-state index contributed by atoms with van der Waals surface area (Å²) < 4.78 is 0. The lowest BCUT2D eigenvalue weighted by Crippen LogP contribution is -2.51. The molecule has 2 saturated heterocycles. The SMILES string of the molecule is O=C(N1C2CCC1CC(O)C2)C1(c2ccc(Cl)cc2)CC1. The summed E-state index contributed by atoms with van der Waals surface area (Å²) in [7, 11) is 0. The summed E-state index contributed by atoms with van der Waals surface area (Å²) in [5, 5.41) is 10.6. The number of hydrogen-bond donors (Lipinski definition) is 1. The molecule has 1 aromatic carbocycles. The van der Waals surface area contributed by atoms with E-state index in [1.165, 1.54) is 0 Å². The van der Waals surface area contributed by atoms with Crippen LogP contribution in [0.15, 0.2) is 24.3 Å². The van der Waals surface area contributed by atoms with Gasteiger partial charge in [0.05, 0.1) is 11.5 Å². The number of fused-ring (bicyclic) bond motifs is 2. The predicted octanol–water partition coefficient (Wildman–Crippen LogP) is 2.89. The lowest BCUT2D eigenvalue weighted by atomic mass is 9.91. The van der Waals surface area contributed by atoms with Gasteiger partial charge in [0, 0.05) is 17.1 Å². The Labute approximate surface area is 129 Å². The van der Waals surface area contributed by atoms with Crippen molar-refractivity contribution in [3.63, 3.8) is 0 Å². The van der Waals surface area contributed by atoms with Crippen LogP contribution in [-0.4, -0.2) is 34.1 Å². The molecule has 0 radical (unpaired) electrons. The van der Waals surface area contributed by atoms with E-state index < -0.39 is 0 Å². The summed E-state index contributed by atoms with van der Waals surface area (Å²) in [5.74, 6) is 0.282. The van der Waals surface area contributed by atoms with Crippen LogP contribution in [0.2, 0.25) is 5.02 Å². The smallest absolute Gasteiger partial charge is 0.233 e. The minimum Gasteiger partial charge on any atom is -0.393 e. The van der Waals surface area contributed by atoms with Gasteiger partial charge < -0.3 is 10.0 Å². The zero-order valence-corrected chi connectivity index (χ0v) is 12.7. The number of carbonyl (C=O) groups excluding carboxylic acids is 1. The van der Waals surface area contributed by atoms with Crippen molar-refractivity contribution in [1.29, 1.82) is 0 Å². The first-order chi connectivity index (χ1) is 10.1. The van der Waals surface area contributed by atoms with Crippen molar-refractivity contribution in [3.8, 4) is 0 Å². The zero-order valence-electron chi connectivity index (χ0n) is 12.0. The number of aliphatic hydroxyl groups is 1. The monoisotopic (exact) mass is 305 g/mol. The first-order valence-electron chi connectivity index (χ1n) is 7.87. The predicted molar refractivity (Wildman–Crippen MR) is 81.3 cm³/mol. The molecule has 2 unspecified atom stereocenters. The number of carbonyl (C=O) groups is 1. The molecule has 2 aliphatic heterocycles. The Morgan fingerprint density at radius 1 is 1.14 bits per heavy atom. The molecule has 3 fully saturated rings. The van der Waals surface area contributed by atoms with Crippen molar-refractivity contribution in [3.05, 3.63) is 34.9 Å². The van der Waals surface area contributed by atoms with Gasteiger partial charge in [-0.15, -0.1) is 0 Å². The molecule has 1 aliphatic carbocycles. The van der Waals surface area contributed by atoms with Gasteiger partial charge in [0.2, 0.25) is 5.91 Å². The second-order valence-corrected chi connectivity index (χ2v) is 7.25. The van der Waals surface area contributed by atoms with Crippen molar-refractivity contribution in [1.82, 2.24) is 4.90 Å². The van der Waals surface area contributed by atoms with Crippen molar-refractivity contribution in [2.45, 2.75) is 62.1 Å². The molecule has 2 bridgehead atoms. The number of hydrogen-bond acceptors (Lipinski definition) is 2. The summed E-state index contributed by atoms with van der Waals surface area (Å²) >= 11 is 5.96. The molecule has 0 spiro atoms. The van der Waals surface area contributed by atoms with Gasteiger partial charge in [-0.1, -0.05) is 23.7 Å². The third-order valence-electron chi connectivity index (χ3n) is 5.50. The van der Waals surface area contributed by atoms with E-state index in [1.807, 2.05) is 24.3 Å². The van der Waals surface area contributed by atoms with E-state index in [2.05, 4.69) is 4.90 Å². The van der Waals surface area contributed by atoms with E-state index in [9.17, 15) is 9.90 Å². The first kappa shape index (κ1) is 13.6. The number of benzene rings is 1. The highest BCUT2D eigenvalue weighted by Crippen LogP contribution is 2.52. The topological polar surface area (TPSA) is 40.5 Å². The first-order valence-corrected chi connectivity index (χ1v) is 8.25.